The highest BCUT2D eigenvalue weighted by Crippen LogP contribution is 2.24. The summed E-state index contributed by atoms with van der Waals surface area (Å²) in [6.07, 6.45) is 1.09. The first kappa shape index (κ1) is 22.7. The Balaban J connectivity index is 1.43. The van der Waals surface area contributed by atoms with Crippen LogP contribution in [0.1, 0.15) is 48.5 Å². The van der Waals surface area contributed by atoms with E-state index in [2.05, 4.69) is 87.0 Å². The van der Waals surface area contributed by atoms with Gasteiger partial charge in [-0.1, -0.05) is 44.2 Å². The molecule has 0 amide bonds. The number of benzene rings is 1. The summed E-state index contributed by atoms with van der Waals surface area (Å²) in [5.74, 6) is 1.32. The van der Waals surface area contributed by atoms with Crippen molar-refractivity contribution in [3.05, 3.63) is 52.0 Å². The van der Waals surface area contributed by atoms with Gasteiger partial charge in [-0.25, -0.2) is 4.98 Å². The molecule has 1 saturated heterocycles. The number of aliphatic imine (C=N–C) groups is 1. The van der Waals surface area contributed by atoms with Gasteiger partial charge in [0.05, 0.1) is 12.2 Å². The van der Waals surface area contributed by atoms with Crippen molar-refractivity contribution in [2.24, 2.45) is 4.99 Å². The maximum Gasteiger partial charge on any atom is 0.191 e. The predicted octanol–water partition coefficient (Wildman–Crippen LogP) is 3.31. The lowest BCUT2D eigenvalue weighted by Gasteiger charge is -2.40. The lowest BCUT2D eigenvalue weighted by Crippen LogP contribution is -2.47. The van der Waals surface area contributed by atoms with E-state index in [0.717, 1.165) is 50.1 Å². The second kappa shape index (κ2) is 11.4. The summed E-state index contributed by atoms with van der Waals surface area (Å²) < 4.78 is 0. The zero-order valence-corrected chi connectivity index (χ0v) is 19.6. The van der Waals surface area contributed by atoms with Crippen LogP contribution in [0, 0.1) is 0 Å². The van der Waals surface area contributed by atoms with Gasteiger partial charge in [0, 0.05) is 51.2 Å². The molecule has 30 heavy (non-hydrogen) atoms. The van der Waals surface area contributed by atoms with E-state index in [4.69, 9.17) is 0 Å². The largest absolute Gasteiger partial charge is 0.356 e. The molecule has 1 unspecified atom stereocenters. The van der Waals surface area contributed by atoms with Crippen molar-refractivity contribution < 1.29 is 0 Å². The fraction of sp³-hybridized carbons (Fsp3) is 0.565. The van der Waals surface area contributed by atoms with Crippen LogP contribution in [0.25, 0.3) is 0 Å². The van der Waals surface area contributed by atoms with E-state index >= 15 is 0 Å². The van der Waals surface area contributed by atoms with Gasteiger partial charge in [-0.3, -0.25) is 9.89 Å². The highest BCUT2D eigenvalue weighted by atomic mass is 32.1. The summed E-state index contributed by atoms with van der Waals surface area (Å²) >= 11 is 1.71. The molecule has 0 saturated carbocycles. The molecule has 3 rings (SSSR count). The molecule has 0 radical (unpaired) electrons. The second-order valence-electron chi connectivity index (χ2n) is 8.25. The Morgan fingerprint density at radius 2 is 2.03 bits per heavy atom. The minimum atomic E-state index is 0.474. The van der Waals surface area contributed by atoms with Gasteiger partial charge < -0.3 is 15.5 Å². The second-order valence-corrected chi connectivity index (χ2v) is 9.19. The molecule has 1 fully saturated rings. The first-order valence-corrected chi connectivity index (χ1v) is 11.8. The van der Waals surface area contributed by atoms with Crippen molar-refractivity contribution in [2.45, 2.75) is 38.8 Å². The minimum Gasteiger partial charge on any atom is -0.356 e. The van der Waals surface area contributed by atoms with Crippen LogP contribution in [0.5, 0.6) is 0 Å². The number of guanidine groups is 1. The number of thiazole rings is 1. The lowest BCUT2D eigenvalue weighted by molar-refractivity contribution is 0.0891. The van der Waals surface area contributed by atoms with Gasteiger partial charge >= 0.3 is 0 Å². The average molecular weight is 429 g/mol. The van der Waals surface area contributed by atoms with Crippen molar-refractivity contribution in [2.75, 3.05) is 46.8 Å². The molecule has 164 valence electrons. The van der Waals surface area contributed by atoms with Crippen molar-refractivity contribution in [1.82, 2.24) is 25.4 Å². The molecule has 2 N–H and O–H groups in total. The molecule has 1 atom stereocenters. The number of nitrogens with one attached hydrogen (secondary N) is 2. The molecule has 0 bridgehead atoms. The molecular formula is C23H36N6S. The van der Waals surface area contributed by atoms with Crippen molar-refractivity contribution in [3.8, 4) is 0 Å². The number of likely N-dealkylation sites (N-methyl/N-ethyl adjacent to an activating group) is 1. The van der Waals surface area contributed by atoms with Crippen LogP contribution in [0.15, 0.2) is 40.7 Å². The third-order valence-corrected chi connectivity index (χ3v) is 6.45. The molecule has 6 nitrogen and oxygen atoms in total. The van der Waals surface area contributed by atoms with Crippen LogP contribution in [-0.2, 0) is 6.54 Å². The van der Waals surface area contributed by atoms with E-state index in [9.17, 15) is 0 Å². The van der Waals surface area contributed by atoms with E-state index < -0.39 is 0 Å². The van der Waals surface area contributed by atoms with Gasteiger partial charge in [0.25, 0.3) is 0 Å². The Hall–Kier alpha value is -1.96. The summed E-state index contributed by atoms with van der Waals surface area (Å²) in [4.78, 5) is 14.1. The summed E-state index contributed by atoms with van der Waals surface area (Å²) in [5.41, 5.74) is 2.58. The highest BCUT2D eigenvalue weighted by Gasteiger charge is 2.25. The molecule has 0 spiro atoms. The van der Waals surface area contributed by atoms with Crippen LogP contribution in [0.3, 0.4) is 0 Å². The van der Waals surface area contributed by atoms with Crippen molar-refractivity contribution in [3.63, 3.8) is 0 Å². The van der Waals surface area contributed by atoms with Gasteiger partial charge in [-0.05, 0) is 24.9 Å². The normalized spacial score (nSPS) is 18.7. The summed E-state index contributed by atoms with van der Waals surface area (Å²) in [7, 11) is 4.04. The van der Waals surface area contributed by atoms with E-state index in [-0.39, 0.29) is 0 Å². The summed E-state index contributed by atoms with van der Waals surface area (Å²) in [5, 5.41) is 10.1. The maximum absolute atomic E-state index is 4.68. The highest BCUT2D eigenvalue weighted by molar-refractivity contribution is 7.09. The molecule has 2 aromatic rings. The Labute approximate surface area is 185 Å². The van der Waals surface area contributed by atoms with E-state index in [0.29, 0.717) is 18.5 Å². The lowest BCUT2D eigenvalue weighted by atomic mass is 10.0. The number of hydrogen-bond acceptors (Lipinski definition) is 5. The van der Waals surface area contributed by atoms with E-state index in [1.165, 1.54) is 11.3 Å². The number of hydrogen-bond donors (Lipinski definition) is 2. The fourth-order valence-electron chi connectivity index (χ4n) is 3.76. The Morgan fingerprint density at radius 3 is 2.73 bits per heavy atom. The molecular weight excluding hydrogens is 392 g/mol. The number of piperazine rings is 1. The van der Waals surface area contributed by atoms with Crippen LogP contribution in [0.2, 0.25) is 0 Å². The van der Waals surface area contributed by atoms with Crippen LogP contribution in [0.4, 0.5) is 0 Å². The predicted molar refractivity (Wildman–Crippen MR) is 127 cm³/mol. The van der Waals surface area contributed by atoms with E-state index in [1.54, 1.807) is 11.3 Å². The topological polar surface area (TPSA) is 55.8 Å². The standard InChI is InChI=1S/C23H36N6S/c1-18(2)20-17-30-22(27-20)15-26-23(24-3)25-11-8-12-29-14-13-28(4)16-21(29)19-9-6-5-7-10-19/h5-7,9-10,17-18,21H,8,11-16H2,1-4H3,(H2,24,25,26). The molecule has 1 aliphatic rings. The molecule has 7 heteroatoms. The quantitative estimate of drug-likeness (QED) is 0.384. The van der Waals surface area contributed by atoms with Gasteiger partial charge in [-0.15, -0.1) is 11.3 Å². The molecule has 0 aliphatic carbocycles. The van der Waals surface area contributed by atoms with Gasteiger partial charge in [0.1, 0.15) is 5.01 Å². The number of rotatable bonds is 8. The smallest absolute Gasteiger partial charge is 0.191 e. The summed E-state index contributed by atoms with van der Waals surface area (Å²) in [6.45, 7) is 10.4. The SMILES string of the molecule is CN=C(NCCCN1CCN(C)CC1c1ccccc1)NCc1nc(C(C)C)cs1. The van der Waals surface area contributed by atoms with Crippen molar-refractivity contribution >= 4 is 17.3 Å². The Kier molecular flexibility index (Phi) is 8.66. The zero-order valence-electron chi connectivity index (χ0n) is 18.8. The van der Waals surface area contributed by atoms with Crippen LogP contribution >= 0.6 is 11.3 Å². The van der Waals surface area contributed by atoms with Gasteiger partial charge in [0.15, 0.2) is 5.96 Å². The molecule has 2 heterocycles. The first-order valence-electron chi connectivity index (χ1n) is 10.9. The molecule has 1 aromatic carbocycles. The van der Waals surface area contributed by atoms with Gasteiger partial charge in [0.2, 0.25) is 0 Å². The monoisotopic (exact) mass is 428 g/mol. The maximum atomic E-state index is 4.68. The minimum absolute atomic E-state index is 0.474. The summed E-state index contributed by atoms with van der Waals surface area (Å²) in [6, 6.07) is 11.4. The van der Waals surface area contributed by atoms with Crippen molar-refractivity contribution in [1.29, 1.82) is 0 Å². The average Bonchev–Trinajstić information content (AvgIpc) is 3.24. The molecule has 1 aliphatic heterocycles. The third-order valence-electron chi connectivity index (χ3n) is 5.58. The Bertz CT molecular complexity index is 788. The number of nitrogens with zero attached hydrogens (tertiary/aromatic N) is 4. The third kappa shape index (κ3) is 6.52. The zero-order chi connectivity index (χ0) is 21.3. The number of aromatic nitrogens is 1. The fourth-order valence-corrected chi connectivity index (χ4v) is 4.65. The van der Waals surface area contributed by atoms with Crippen LogP contribution in [-0.4, -0.2) is 67.6 Å². The van der Waals surface area contributed by atoms with Gasteiger partial charge in [-0.2, -0.15) is 0 Å². The molecule has 1 aromatic heterocycles. The van der Waals surface area contributed by atoms with Crippen LogP contribution < -0.4 is 10.6 Å². The van der Waals surface area contributed by atoms with E-state index in [1.807, 2.05) is 7.05 Å². The Morgan fingerprint density at radius 1 is 1.23 bits per heavy atom. The first-order chi connectivity index (χ1) is 14.6.